The number of carbonyl (C=O) groups is 1. The van der Waals surface area contributed by atoms with E-state index in [0.29, 0.717) is 11.5 Å². The van der Waals surface area contributed by atoms with Gasteiger partial charge in [0.25, 0.3) is 0 Å². The van der Waals surface area contributed by atoms with Crippen molar-refractivity contribution < 1.29 is 9.18 Å². The molecule has 1 atom stereocenters. The smallest absolute Gasteiger partial charge is 0.247 e. The van der Waals surface area contributed by atoms with Crippen molar-refractivity contribution in [3.63, 3.8) is 0 Å². The van der Waals surface area contributed by atoms with E-state index in [1.54, 1.807) is 12.3 Å². The molecule has 1 aliphatic heterocycles. The van der Waals surface area contributed by atoms with Gasteiger partial charge in [-0.1, -0.05) is 6.07 Å². The van der Waals surface area contributed by atoms with E-state index < -0.39 is 5.82 Å². The Bertz CT molecular complexity index is 980. The summed E-state index contributed by atoms with van der Waals surface area (Å²) in [5.41, 5.74) is 2.33. The van der Waals surface area contributed by atoms with Crippen molar-refractivity contribution in [1.29, 1.82) is 0 Å². The second kappa shape index (κ2) is 7.67. The van der Waals surface area contributed by atoms with Gasteiger partial charge in [-0.15, -0.1) is 0 Å². The Morgan fingerprint density at radius 2 is 2.04 bits per heavy atom. The molecule has 0 unspecified atom stereocenters. The highest BCUT2D eigenvalue weighted by Crippen LogP contribution is 2.27. The summed E-state index contributed by atoms with van der Waals surface area (Å²) in [5, 5.41) is 2.98. The van der Waals surface area contributed by atoms with E-state index in [1.807, 2.05) is 30.0 Å². The molecule has 0 bridgehead atoms. The molecule has 0 aliphatic carbocycles. The van der Waals surface area contributed by atoms with E-state index in [2.05, 4.69) is 25.3 Å². The maximum absolute atomic E-state index is 13.1. The normalized spacial score (nSPS) is 16.2. The third kappa shape index (κ3) is 3.66. The number of hydrogen-bond donors (Lipinski definition) is 1. The second-order valence-electron chi connectivity index (χ2n) is 6.66. The highest BCUT2D eigenvalue weighted by atomic mass is 19.1. The van der Waals surface area contributed by atoms with Gasteiger partial charge in [0.05, 0.1) is 12.4 Å². The first kappa shape index (κ1) is 18.0. The summed E-state index contributed by atoms with van der Waals surface area (Å²) in [6, 6.07) is 7.05. The summed E-state index contributed by atoms with van der Waals surface area (Å²) in [5.74, 6) is 0.582. The zero-order valence-electron chi connectivity index (χ0n) is 15.3. The summed E-state index contributed by atoms with van der Waals surface area (Å²) in [7, 11) is 0. The molecule has 3 aromatic rings. The minimum absolute atomic E-state index is 0.0917. The SMILES string of the molecule is Cc1ccc(NC(=O)[C@H]2CCCN2c2ccncn2)cc1-c1ncc(F)cn1. The van der Waals surface area contributed by atoms with E-state index in [0.717, 1.165) is 48.7 Å². The zero-order valence-corrected chi connectivity index (χ0v) is 15.3. The molecular formula is C20H19FN6O. The lowest BCUT2D eigenvalue weighted by molar-refractivity contribution is -0.117. The van der Waals surface area contributed by atoms with Gasteiger partial charge in [0.2, 0.25) is 5.91 Å². The highest BCUT2D eigenvalue weighted by Gasteiger charge is 2.31. The monoisotopic (exact) mass is 378 g/mol. The summed E-state index contributed by atoms with van der Waals surface area (Å²) in [6.45, 7) is 2.69. The number of benzene rings is 1. The zero-order chi connectivity index (χ0) is 19.5. The van der Waals surface area contributed by atoms with Gasteiger partial charge < -0.3 is 10.2 Å². The molecule has 1 N–H and O–H groups in total. The summed E-state index contributed by atoms with van der Waals surface area (Å²) >= 11 is 0. The number of aromatic nitrogens is 4. The number of carbonyl (C=O) groups excluding carboxylic acids is 1. The number of anilines is 2. The first-order valence-electron chi connectivity index (χ1n) is 9.04. The van der Waals surface area contributed by atoms with Crippen LogP contribution in [-0.2, 0) is 4.79 Å². The molecule has 0 radical (unpaired) electrons. The number of amides is 1. The van der Waals surface area contributed by atoms with Gasteiger partial charge in [0, 0.05) is 24.0 Å². The number of aryl methyl sites for hydroxylation is 1. The summed E-state index contributed by atoms with van der Waals surface area (Å²) in [4.78, 5) is 31.2. The van der Waals surface area contributed by atoms with Crippen molar-refractivity contribution in [1.82, 2.24) is 19.9 Å². The predicted octanol–water partition coefficient (Wildman–Crippen LogP) is 2.99. The molecule has 1 aromatic carbocycles. The largest absolute Gasteiger partial charge is 0.344 e. The lowest BCUT2D eigenvalue weighted by atomic mass is 10.1. The van der Waals surface area contributed by atoms with Crippen LogP contribution in [0, 0.1) is 12.7 Å². The van der Waals surface area contributed by atoms with Crippen molar-refractivity contribution in [2.45, 2.75) is 25.8 Å². The Hall–Kier alpha value is -3.42. The standard InChI is InChI=1S/C20H19FN6O/c1-13-4-5-15(9-16(13)19-23-10-14(21)11-24-19)26-20(28)17-3-2-8-27(17)18-6-7-22-12-25-18/h4-7,9-12,17H,2-3,8H2,1H3,(H,26,28)/t17-/m1/s1. The van der Waals surface area contributed by atoms with Crippen molar-refractivity contribution in [2.75, 3.05) is 16.8 Å². The van der Waals surface area contributed by atoms with Crippen LogP contribution in [-0.4, -0.2) is 38.4 Å². The van der Waals surface area contributed by atoms with Gasteiger partial charge in [-0.05, 0) is 43.5 Å². The molecule has 1 fully saturated rings. The first-order chi connectivity index (χ1) is 13.6. The van der Waals surface area contributed by atoms with Crippen LogP contribution in [0.3, 0.4) is 0 Å². The average Bonchev–Trinajstić information content (AvgIpc) is 3.21. The topological polar surface area (TPSA) is 83.9 Å². The third-order valence-corrected chi connectivity index (χ3v) is 4.78. The Morgan fingerprint density at radius 3 is 2.79 bits per heavy atom. The first-order valence-corrected chi connectivity index (χ1v) is 9.04. The van der Waals surface area contributed by atoms with Gasteiger partial charge >= 0.3 is 0 Å². The molecule has 2 aromatic heterocycles. The summed E-state index contributed by atoms with van der Waals surface area (Å²) in [6.07, 6.45) is 7.10. The molecule has 1 amide bonds. The van der Waals surface area contributed by atoms with Crippen LogP contribution in [0.15, 0.2) is 49.2 Å². The van der Waals surface area contributed by atoms with Gasteiger partial charge in [-0.3, -0.25) is 4.79 Å². The molecule has 1 saturated heterocycles. The van der Waals surface area contributed by atoms with Gasteiger partial charge in [0.15, 0.2) is 11.6 Å². The van der Waals surface area contributed by atoms with Crippen molar-refractivity contribution in [3.8, 4) is 11.4 Å². The fraction of sp³-hybridized carbons (Fsp3) is 0.250. The molecule has 142 valence electrons. The second-order valence-corrected chi connectivity index (χ2v) is 6.66. The van der Waals surface area contributed by atoms with Crippen LogP contribution in [0.5, 0.6) is 0 Å². The number of rotatable bonds is 4. The molecule has 4 rings (SSSR count). The van der Waals surface area contributed by atoms with E-state index in [-0.39, 0.29) is 11.9 Å². The molecule has 1 aliphatic rings. The molecule has 28 heavy (non-hydrogen) atoms. The maximum atomic E-state index is 13.1. The Balaban J connectivity index is 1.55. The molecule has 0 saturated carbocycles. The van der Waals surface area contributed by atoms with Crippen LogP contribution in [0.1, 0.15) is 18.4 Å². The Labute approximate surface area is 161 Å². The predicted molar refractivity (Wildman–Crippen MR) is 103 cm³/mol. The minimum Gasteiger partial charge on any atom is -0.344 e. The van der Waals surface area contributed by atoms with Crippen molar-refractivity contribution in [2.24, 2.45) is 0 Å². The Kier molecular flexibility index (Phi) is 4.92. The maximum Gasteiger partial charge on any atom is 0.247 e. The van der Waals surface area contributed by atoms with E-state index in [4.69, 9.17) is 0 Å². The van der Waals surface area contributed by atoms with Crippen LogP contribution in [0.25, 0.3) is 11.4 Å². The van der Waals surface area contributed by atoms with Crippen molar-refractivity contribution in [3.05, 3.63) is 60.6 Å². The van der Waals surface area contributed by atoms with Crippen LogP contribution in [0.4, 0.5) is 15.9 Å². The number of halogens is 1. The fourth-order valence-corrected chi connectivity index (χ4v) is 3.38. The van der Waals surface area contributed by atoms with E-state index in [1.165, 1.54) is 6.33 Å². The van der Waals surface area contributed by atoms with Gasteiger partial charge in [-0.25, -0.2) is 24.3 Å². The van der Waals surface area contributed by atoms with Crippen LogP contribution >= 0.6 is 0 Å². The molecule has 0 spiro atoms. The molecule has 7 nitrogen and oxygen atoms in total. The quantitative estimate of drug-likeness (QED) is 0.751. The number of nitrogens with zero attached hydrogens (tertiary/aromatic N) is 5. The van der Waals surface area contributed by atoms with Crippen LogP contribution in [0.2, 0.25) is 0 Å². The summed E-state index contributed by atoms with van der Waals surface area (Å²) < 4.78 is 13.1. The van der Waals surface area contributed by atoms with Gasteiger partial charge in [0.1, 0.15) is 18.2 Å². The molecule has 8 heteroatoms. The highest BCUT2D eigenvalue weighted by molar-refractivity contribution is 5.97. The number of hydrogen-bond acceptors (Lipinski definition) is 6. The number of nitrogens with one attached hydrogen (secondary N) is 1. The van der Waals surface area contributed by atoms with E-state index in [9.17, 15) is 9.18 Å². The Morgan fingerprint density at radius 1 is 1.21 bits per heavy atom. The van der Waals surface area contributed by atoms with E-state index >= 15 is 0 Å². The molecule has 3 heterocycles. The average molecular weight is 378 g/mol. The van der Waals surface area contributed by atoms with Crippen molar-refractivity contribution >= 4 is 17.4 Å². The lowest BCUT2D eigenvalue weighted by Crippen LogP contribution is -2.40. The molecular weight excluding hydrogens is 359 g/mol. The van der Waals surface area contributed by atoms with Crippen LogP contribution < -0.4 is 10.2 Å². The fourth-order valence-electron chi connectivity index (χ4n) is 3.38. The lowest BCUT2D eigenvalue weighted by Gasteiger charge is -2.24. The van der Waals surface area contributed by atoms with Gasteiger partial charge in [-0.2, -0.15) is 0 Å². The minimum atomic E-state index is -0.489. The third-order valence-electron chi connectivity index (χ3n) is 4.78.